The number of ether oxygens (including phenoxy) is 1. The number of benzene rings is 2. The predicted molar refractivity (Wildman–Crippen MR) is 122 cm³/mol. The number of fused-ring (bicyclic) bond motifs is 1. The van der Waals surface area contributed by atoms with Gasteiger partial charge in [0.15, 0.2) is 5.78 Å². The molecule has 1 heterocycles. The summed E-state index contributed by atoms with van der Waals surface area (Å²) in [6.45, 7) is 4.38. The molecule has 1 aliphatic heterocycles. The highest BCUT2D eigenvalue weighted by molar-refractivity contribution is 6.01. The normalized spacial score (nSPS) is 19.7. The van der Waals surface area contributed by atoms with Crippen LogP contribution in [-0.2, 0) is 9.59 Å². The zero-order valence-corrected chi connectivity index (χ0v) is 18.5. The van der Waals surface area contributed by atoms with Crippen LogP contribution in [0, 0.1) is 5.41 Å². The van der Waals surface area contributed by atoms with E-state index in [4.69, 9.17) is 4.74 Å². The van der Waals surface area contributed by atoms with Crippen molar-refractivity contribution in [1.29, 1.82) is 0 Å². The lowest BCUT2D eigenvalue weighted by Crippen LogP contribution is -2.41. The van der Waals surface area contributed by atoms with E-state index in [1.54, 1.807) is 14.2 Å². The lowest BCUT2D eigenvalue weighted by Gasteiger charge is -2.37. The summed E-state index contributed by atoms with van der Waals surface area (Å²) in [4.78, 5) is 28.1. The Hall–Kier alpha value is -3.28. The number of para-hydroxylation sites is 2. The number of rotatable bonds is 4. The van der Waals surface area contributed by atoms with E-state index in [9.17, 15) is 9.59 Å². The zero-order valence-electron chi connectivity index (χ0n) is 18.5. The average Bonchev–Trinajstić information content (AvgIpc) is 2.87. The Morgan fingerprint density at radius 3 is 2.55 bits per heavy atom. The van der Waals surface area contributed by atoms with Crippen LogP contribution in [0.1, 0.15) is 38.3 Å². The summed E-state index contributed by atoms with van der Waals surface area (Å²) in [5.41, 5.74) is 4.30. The van der Waals surface area contributed by atoms with Crippen molar-refractivity contribution >= 4 is 23.1 Å². The van der Waals surface area contributed by atoms with Gasteiger partial charge in [0.25, 0.3) is 0 Å². The van der Waals surface area contributed by atoms with Crippen molar-refractivity contribution in [2.45, 2.75) is 32.7 Å². The molecule has 2 aliphatic rings. The van der Waals surface area contributed by atoms with Gasteiger partial charge in [-0.25, -0.2) is 0 Å². The van der Waals surface area contributed by atoms with E-state index in [-0.39, 0.29) is 29.7 Å². The number of hydrogen-bond donors (Lipinski definition) is 2. The van der Waals surface area contributed by atoms with E-state index < -0.39 is 0 Å². The SMILES string of the molecule is CNC(=O)CN1c2ccccc2NC2=C(C(=O)CC(C)(C)C2)[C@H]1c1ccc(OC)cc1. The molecule has 0 bridgehead atoms. The molecule has 31 heavy (non-hydrogen) atoms. The number of likely N-dealkylation sites (N-methyl/N-ethyl adjacent to an activating group) is 1. The molecule has 6 heteroatoms. The topological polar surface area (TPSA) is 70.7 Å². The third-order valence-electron chi connectivity index (χ3n) is 6.03. The summed E-state index contributed by atoms with van der Waals surface area (Å²) in [6.07, 6.45) is 1.24. The van der Waals surface area contributed by atoms with Crippen LogP contribution in [0.5, 0.6) is 5.75 Å². The van der Waals surface area contributed by atoms with Crippen molar-refractivity contribution < 1.29 is 14.3 Å². The summed E-state index contributed by atoms with van der Waals surface area (Å²) in [5.74, 6) is 0.759. The lowest BCUT2D eigenvalue weighted by molar-refractivity contribution is -0.120. The molecular weight excluding hydrogens is 390 g/mol. The van der Waals surface area contributed by atoms with Crippen LogP contribution in [0.15, 0.2) is 59.8 Å². The second-order valence-corrected chi connectivity index (χ2v) is 8.95. The van der Waals surface area contributed by atoms with Gasteiger partial charge in [-0.1, -0.05) is 38.1 Å². The fraction of sp³-hybridized carbons (Fsp3) is 0.360. The number of Topliss-reactive ketones (excluding diaryl/α,β-unsaturated/α-hetero) is 1. The van der Waals surface area contributed by atoms with Crippen LogP contribution in [0.3, 0.4) is 0 Å². The highest BCUT2D eigenvalue weighted by Gasteiger charge is 2.41. The van der Waals surface area contributed by atoms with Crippen LogP contribution >= 0.6 is 0 Å². The number of amides is 1. The molecule has 0 radical (unpaired) electrons. The Morgan fingerprint density at radius 1 is 1.16 bits per heavy atom. The fourth-order valence-corrected chi connectivity index (χ4v) is 4.59. The number of ketones is 1. The summed E-state index contributed by atoms with van der Waals surface area (Å²) >= 11 is 0. The van der Waals surface area contributed by atoms with Crippen molar-refractivity contribution in [3.05, 3.63) is 65.4 Å². The van der Waals surface area contributed by atoms with Crippen LogP contribution in [-0.4, -0.2) is 32.4 Å². The van der Waals surface area contributed by atoms with E-state index >= 15 is 0 Å². The molecule has 1 atom stereocenters. The summed E-state index contributed by atoms with van der Waals surface area (Å²) in [5, 5.41) is 6.28. The van der Waals surface area contributed by atoms with Gasteiger partial charge in [-0.15, -0.1) is 0 Å². The van der Waals surface area contributed by atoms with Crippen molar-refractivity contribution in [3.8, 4) is 5.75 Å². The van der Waals surface area contributed by atoms with Gasteiger partial charge in [0.2, 0.25) is 5.91 Å². The molecule has 1 amide bonds. The monoisotopic (exact) mass is 419 g/mol. The van der Waals surface area contributed by atoms with Crippen LogP contribution in [0.4, 0.5) is 11.4 Å². The largest absolute Gasteiger partial charge is 0.497 e. The molecule has 0 saturated heterocycles. The van der Waals surface area contributed by atoms with Gasteiger partial charge in [-0.3, -0.25) is 9.59 Å². The molecule has 2 N–H and O–H groups in total. The number of hydrogen-bond acceptors (Lipinski definition) is 5. The average molecular weight is 420 g/mol. The molecule has 2 aromatic rings. The molecule has 0 aromatic heterocycles. The molecule has 4 rings (SSSR count). The zero-order chi connectivity index (χ0) is 22.2. The second-order valence-electron chi connectivity index (χ2n) is 8.95. The highest BCUT2D eigenvalue weighted by atomic mass is 16.5. The Balaban J connectivity index is 1.95. The Morgan fingerprint density at radius 2 is 1.87 bits per heavy atom. The van der Waals surface area contributed by atoms with Crippen LogP contribution in [0.2, 0.25) is 0 Å². The first-order valence-corrected chi connectivity index (χ1v) is 10.6. The molecule has 0 spiro atoms. The minimum atomic E-state index is -0.377. The van der Waals surface area contributed by atoms with Gasteiger partial charge in [0.1, 0.15) is 5.75 Å². The quantitative estimate of drug-likeness (QED) is 0.782. The number of carbonyl (C=O) groups is 2. The maximum absolute atomic E-state index is 13.5. The summed E-state index contributed by atoms with van der Waals surface area (Å²) < 4.78 is 5.33. The van der Waals surface area contributed by atoms with Gasteiger partial charge >= 0.3 is 0 Å². The molecule has 0 saturated carbocycles. The second kappa shape index (κ2) is 8.10. The van der Waals surface area contributed by atoms with E-state index in [0.717, 1.165) is 40.4 Å². The minimum absolute atomic E-state index is 0.110. The molecular formula is C25H29N3O3. The lowest BCUT2D eigenvalue weighted by atomic mass is 9.73. The summed E-state index contributed by atoms with van der Waals surface area (Å²) in [7, 11) is 3.26. The first-order chi connectivity index (χ1) is 14.8. The molecule has 162 valence electrons. The number of carbonyl (C=O) groups excluding carboxylic acids is 2. The van der Waals surface area contributed by atoms with E-state index in [1.165, 1.54) is 0 Å². The number of methoxy groups -OCH3 is 1. The molecule has 0 fully saturated rings. The third-order valence-corrected chi connectivity index (χ3v) is 6.03. The Kier molecular flexibility index (Phi) is 5.48. The van der Waals surface area contributed by atoms with Crippen LogP contribution < -0.4 is 20.3 Å². The minimum Gasteiger partial charge on any atom is -0.497 e. The van der Waals surface area contributed by atoms with E-state index in [0.29, 0.717) is 6.42 Å². The first kappa shape index (κ1) is 21.0. The Labute approximate surface area is 183 Å². The van der Waals surface area contributed by atoms with Gasteiger partial charge < -0.3 is 20.3 Å². The highest BCUT2D eigenvalue weighted by Crippen LogP contribution is 2.48. The van der Waals surface area contributed by atoms with Crippen molar-refractivity contribution in [3.63, 3.8) is 0 Å². The maximum Gasteiger partial charge on any atom is 0.239 e. The molecule has 2 aromatic carbocycles. The van der Waals surface area contributed by atoms with E-state index in [1.807, 2.05) is 53.4 Å². The van der Waals surface area contributed by atoms with Crippen LogP contribution in [0.25, 0.3) is 0 Å². The first-order valence-electron chi connectivity index (χ1n) is 10.6. The summed E-state index contributed by atoms with van der Waals surface area (Å²) in [6, 6.07) is 15.3. The molecule has 0 unspecified atom stereocenters. The predicted octanol–water partition coefficient (Wildman–Crippen LogP) is 4.06. The van der Waals surface area contributed by atoms with Gasteiger partial charge in [0.05, 0.1) is 31.1 Å². The van der Waals surface area contributed by atoms with Gasteiger partial charge in [-0.2, -0.15) is 0 Å². The Bertz CT molecular complexity index is 1040. The number of nitrogens with one attached hydrogen (secondary N) is 2. The number of allylic oxidation sites excluding steroid dienone is 1. The standard InChI is InChI=1S/C25H29N3O3/c1-25(2)13-19-23(21(29)14-25)24(16-9-11-17(31-4)12-10-16)28(15-22(30)26-3)20-8-6-5-7-18(20)27-19/h5-12,24,27H,13-15H2,1-4H3,(H,26,30)/t24-/m1/s1. The van der Waals surface area contributed by atoms with Gasteiger partial charge in [0, 0.05) is 24.7 Å². The molecule has 1 aliphatic carbocycles. The van der Waals surface area contributed by atoms with Crippen molar-refractivity contribution in [1.82, 2.24) is 5.32 Å². The third kappa shape index (κ3) is 4.02. The number of nitrogens with zero attached hydrogens (tertiary/aromatic N) is 1. The molecule has 6 nitrogen and oxygen atoms in total. The fourth-order valence-electron chi connectivity index (χ4n) is 4.59. The maximum atomic E-state index is 13.5. The van der Waals surface area contributed by atoms with E-state index in [2.05, 4.69) is 24.5 Å². The van der Waals surface area contributed by atoms with Crippen molar-refractivity contribution in [2.24, 2.45) is 5.41 Å². The number of anilines is 2. The van der Waals surface area contributed by atoms with Crippen molar-refractivity contribution in [2.75, 3.05) is 30.9 Å². The van der Waals surface area contributed by atoms with Gasteiger partial charge in [-0.05, 0) is 41.7 Å². The smallest absolute Gasteiger partial charge is 0.239 e.